The molecule has 8 nitrogen and oxygen atoms in total. The number of methoxy groups -OCH3 is 1. The molecule has 3 rings (SSSR count). The third kappa shape index (κ3) is 4.14. The van der Waals surface area contributed by atoms with E-state index in [-0.39, 0.29) is 17.4 Å². The van der Waals surface area contributed by atoms with Crippen LogP contribution in [0.25, 0.3) is 10.9 Å². The number of nitrogens with zero attached hydrogens (tertiary/aromatic N) is 2. The van der Waals surface area contributed by atoms with Gasteiger partial charge in [0.1, 0.15) is 5.54 Å². The van der Waals surface area contributed by atoms with Crippen LogP contribution in [0.15, 0.2) is 48.7 Å². The lowest BCUT2D eigenvalue weighted by Gasteiger charge is -2.36. The van der Waals surface area contributed by atoms with Crippen molar-refractivity contribution in [3.8, 4) is 11.5 Å². The predicted molar refractivity (Wildman–Crippen MR) is 115 cm³/mol. The number of rotatable bonds is 7. The average Bonchev–Trinajstić information content (AvgIpc) is 2.77. The fourth-order valence-electron chi connectivity index (χ4n) is 3.52. The van der Waals surface area contributed by atoms with Crippen molar-refractivity contribution in [2.45, 2.75) is 32.2 Å². The second-order valence-electron chi connectivity index (χ2n) is 7.68. The number of nitrogens with one attached hydrogen (secondary N) is 1. The van der Waals surface area contributed by atoms with E-state index >= 15 is 0 Å². The Morgan fingerprint density at radius 2 is 1.84 bits per heavy atom. The first-order chi connectivity index (χ1) is 14.7. The van der Waals surface area contributed by atoms with E-state index in [1.54, 1.807) is 6.92 Å². The number of carboxylic acid groups (broad SMARTS) is 1. The van der Waals surface area contributed by atoms with Gasteiger partial charge >= 0.3 is 5.97 Å². The number of para-hydroxylation sites is 1. The first-order valence-electron chi connectivity index (χ1n) is 9.82. The maximum Gasteiger partial charge on any atom is 0.329 e. The molecule has 2 unspecified atom stereocenters. The van der Waals surface area contributed by atoms with Crippen molar-refractivity contribution in [1.29, 1.82) is 0 Å². The number of benzene rings is 1. The molecule has 0 aliphatic heterocycles. The summed E-state index contributed by atoms with van der Waals surface area (Å²) in [6.45, 7) is 5.05. The monoisotopic (exact) mass is 423 g/mol. The Balaban J connectivity index is 1.91. The van der Waals surface area contributed by atoms with Crippen molar-refractivity contribution in [1.82, 2.24) is 15.3 Å². The molecule has 0 aliphatic rings. The molecule has 31 heavy (non-hydrogen) atoms. The molecule has 3 aromatic rings. The number of fused-ring (bicyclic) bond motifs is 1. The number of pyridine rings is 2. The third-order valence-corrected chi connectivity index (χ3v) is 5.89. The van der Waals surface area contributed by atoms with Gasteiger partial charge in [-0.2, -0.15) is 0 Å². The molecular weight excluding hydrogens is 398 g/mol. The molecule has 0 aliphatic carbocycles. The van der Waals surface area contributed by atoms with Crippen LogP contribution in [0.3, 0.4) is 0 Å². The molecule has 3 N–H and O–H groups in total. The summed E-state index contributed by atoms with van der Waals surface area (Å²) < 4.78 is 5.00. The Kier molecular flexibility index (Phi) is 6.10. The Morgan fingerprint density at radius 3 is 2.52 bits per heavy atom. The summed E-state index contributed by atoms with van der Waals surface area (Å²) in [5.74, 6) is -3.24. The highest BCUT2D eigenvalue weighted by atomic mass is 16.5. The predicted octanol–water partition coefficient (Wildman–Crippen LogP) is 3.36. The summed E-state index contributed by atoms with van der Waals surface area (Å²) in [6, 6.07) is 12.9. The van der Waals surface area contributed by atoms with Crippen molar-refractivity contribution >= 4 is 22.8 Å². The van der Waals surface area contributed by atoms with Crippen LogP contribution in [-0.2, 0) is 4.79 Å². The number of amides is 1. The molecule has 0 saturated carbocycles. The lowest BCUT2D eigenvalue weighted by molar-refractivity contribution is -0.146. The van der Waals surface area contributed by atoms with Gasteiger partial charge in [0.15, 0.2) is 17.2 Å². The molecule has 2 heterocycles. The smallest absolute Gasteiger partial charge is 0.329 e. The van der Waals surface area contributed by atoms with Crippen molar-refractivity contribution in [2.24, 2.45) is 5.92 Å². The molecule has 3 atom stereocenters. The van der Waals surface area contributed by atoms with E-state index in [9.17, 15) is 19.8 Å². The van der Waals surface area contributed by atoms with Gasteiger partial charge in [0.05, 0.1) is 12.6 Å². The number of aromatic hydroxyl groups is 1. The highest BCUT2D eigenvalue weighted by molar-refractivity contribution is 5.99. The summed E-state index contributed by atoms with van der Waals surface area (Å²) in [5.41, 5.74) is -0.433. The van der Waals surface area contributed by atoms with Gasteiger partial charge < -0.3 is 20.3 Å². The fourth-order valence-corrected chi connectivity index (χ4v) is 3.52. The van der Waals surface area contributed by atoms with E-state index in [2.05, 4.69) is 15.3 Å². The zero-order valence-electron chi connectivity index (χ0n) is 17.8. The van der Waals surface area contributed by atoms with Crippen LogP contribution in [0, 0.1) is 5.92 Å². The molecule has 0 fully saturated rings. The Bertz CT molecular complexity index is 1130. The molecule has 8 heteroatoms. The molecule has 1 amide bonds. The SMILES string of the molecule is COc1ccnc(C(=O)N[C@](C)(C(=O)O)C(C)C(C)c2ccc3ccccc3n2)c1O. The van der Waals surface area contributed by atoms with Crippen LogP contribution in [-0.4, -0.2) is 44.7 Å². The van der Waals surface area contributed by atoms with Crippen LogP contribution in [0.2, 0.25) is 0 Å². The van der Waals surface area contributed by atoms with E-state index < -0.39 is 29.1 Å². The van der Waals surface area contributed by atoms with Crippen LogP contribution >= 0.6 is 0 Å². The zero-order valence-corrected chi connectivity index (χ0v) is 17.8. The number of hydrogen-bond acceptors (Lipinski definition) is 6. The number of carboxylic acids is 1. The highest BCUT2D eigenvalue weighted by Gasteiger charge is 2.44. The van der Waals surface area contributed by atoms with Gasteiger partial charge in [-0.3, -0.25) is 9.78 Å². The maximum atomic E-state index is 12.8. The molecule has 162 valence electrons. The van der Waals surface area contributed by atoms with Gasteiger partial charge in [0, 0.05) is 29.3 Å². The lowest BCUT2D eigenvalue weighted by atomic mass is 9.77. The van der Waals surface area contributed by atoms with Crippen molar-refractivity contribution in [3.05, 3.63) is 60.0 Å². The van der Waals surface area contributed by atoms with E-state index in [0.29, 0.717) is 0 Å². The number of aliphatic carboxylic acids is 1. The van der Waals surface area contributed by atoms with E-state index in [0.717, 1.165) is 16.6 Å². The number of aromatic nitrogens is 2. The summed E-state index contributed by atoms with van der Waals surface area (Å²) in [6.07, 6.45) is 1.30. The minimum atomic E-state index is -1.65. The molecule has 0 saturated heterocycles. The largest absolute Gasteiger partial charge is 0.503 e. The molecule has 0 radical (unpaired) electrons. The standard InChI is InChI=1S/C23H25N3O5/c1-13(16-10-9-15-7-5-6-8-17(15)25-16)14(2)23(3,22(29)30)26-21(28)19-20(27)18(31-4)11-12-24-19/h5-14,27H,1-4H3,(H,26,28)(H,29,30)/t13?,14?,23-/m0/s1. The Morgan fingerprint density at radius 1 is 1.13 bits per heavy atom. The van der Waals surface area contributed by atoms with Crippen molar-refractivity contribution < 1.29 is 24.5 Å². The summed E-state index contributed by atoms with van der Waals surface area (Å²) in [7, 11) is 1.35. The van der Waals surface area contributed by atoms with Crippen LogP contribution in [0.4, 0.5) is 0 Å². The highest BCUT2D eigenvalue weighted by Crippen LogP contribution is 2.34. The summed E-state index contributed by atoms with van der Waals surface area (Å²) >= 11 is 0. The van der Waals surface area contributed by atoms with Crippen LogP contribution < -0.4 is 10.1 Å². The van der Waals surface area contributed by atoms with Crippen LogP contribution in [0.1, 0.15) is 42.9 Å². The van der Waals surface area contributed by atoms with E-state index in [1.807, 2.05) is 43.3 Å². The number of hydrogen-bond donors (Lipinski definition) is 3. The molecule has 0 spiro atoms. The second kappa shape index (κ2) is 8.59. The molecular formula is C23H25N3O5. The number of carbonyl (C=O) groups excluding carboxylic acids is 1. The van der Waals surface area contributed by atoms with E-state index in [1.165, 1.54) is 26.3 Å². The number of ether oxygens (including phenoxy) is 1. The molecule has 2 aromatic heterocycles. The first kappa shape index (κ1) is 22.0. The summed E-state index contributed by atoms with van der Waals surface area (Å²) in [4.78, 5) is 33.6. The average molecular weight is 423 g/mol. The quantitative estimate of drug-likeness (QED) is 0.533. The van der Waals surface area contributed by atoms with Gasteiger partial charge in [0.2, 0.25) is 0 Å². The van der Waals surface area contributed by atoms with Crippen molar-refractivity contribution in [2.75, 3.05) is 7.11 Å². The second-order valence-corrected chi connectivity index (χ2v) is 7.68. The zero-order chi connectivity index (χ0) is 22.8. The van der Waals surface area contributed by atoms with Gasteiger partial charge in [0.25, 0.3) is 5.91 Å². The minimum absolute atomic E-state index is 0.0685. The Labute approximate surface area is 179 Å². The lowest BCUT2D eigenvalue weighted by Crippen LogP contribution is -2.57. The van der Waals surface area contributed by atoms with Crippen molar-refractivity contribution in [3.63, 3.8) is 0 Å². The van der Waals surface area contributed by atoms with Gasteiger partial charge in [-0.25, -0.2) is 9.78 Å². The molecule has 0 bridgehead atoms. The number of carbonyl (C=O) groups is 2. The third-order valence-electron chi connectivity index (χ3n) is 5.89. The first-order valence-corrected chi connectivity index (χ1v) is 9.82. The van der Waals surface area contributed by atoms with Gasteiger partial charge in [-0.15, -0.1) is 0 Å². The topological polar surface area (TPSA) is 122 Å². The van der Waals surface area contributed by atoms with Gasteiger partial charge in [-0.1, -0.05) is 38.1 Å². The van der Waals surface area contributed by atoms with Gasteiger partial charge in [-0.05, 0) is 25.0 Å². The van der Waals surface area contributed by atoms with Crippen LogP contribution in [0.5, 0.6) is 11.5 Å². The summed E-state index contributed by atoms with van der Waals surface area (Å²) in [5, 5.41) is 23.7. The fraction of sp³-hybridized carbons (Fsp3) is 0.304. The maximum absolute atomic E-state index is 12.8. The minimum Gasteiger partial charge on any atom is -0.503 e. The normalized spacial score (nSPS) is 15.0. The molecule has 1 aromatic carbocycles. The Hall–Kier alpha value is -3.68. The van der Waals surface area contributed by atoms with E-state index in [4.69, 9.17) is 4.74 Å².